The molecule has 1 fully saturated rings. The average molecular weight is 280 g/mol. The SMILES string of the molecule is CC1OCCC1(C)NS(=O)(=O)c1cccc(C#N)c1. The van der Waals surface area contributed by atoms with Gasteiger partial charge in [-0.2, -0.15) is 5.26 Å². The molecule has 1 N–H and O–H groups in total. The molecule has 0 radical (unpaired) electrons. The van der Waals surface area contributed by atoms with Crippen molar-refractivity contribution < 1.29 is 13.2 Å². The lowest BCUT2D eigenvalue weighted by Gasteiger charge is -2.28. The zero-order chi connectivity index (χ0) is 14.1. The van der Waals surface area contributed by atoms with Crippen molar-refractivity contribution in [2.75, 3.05) is 6.61 Å². The van der Waals surface area contributed by atoms with Crippen LogP contribution >= 0.6 is 0 Å². The Morgan fingerprint density at radius 2 is 2.26 bits per heavy atom. The maximum atomic E-state index is 12.3. The van der Waals surface area contributed by atoms with Gasteiger partial charge in [0.2, 0.25) is 10.0 Å². The van der Waals surface area contributed by atoms with Crippen LogP contribution in [0.5, 0.6) is 0 Å². The van der Waals surface area contributed by atoms with E-state index in [2.05, 4.69) is 4.72 Å². The van der Waals surface area contributed by atoms with E-state index in [1.807, 2.05) is 19.9 Å². The molecular weight excluding hydrogens is 264 g/mol. The van der Waals surface area contributed by atoms with Gasteiger partial charge in [0.15, 0.2) is 0 Å². The van der Waals surface area contributed by atoms with Crippen LogP contribution in [0.25, 0.3) is 0 Å². The van der Waals surface area contributed by atoms with Crippen molar-refractivity contribution in [3.63, 3.8) is 0 Å². The minimum Gasteiger partial charge on any atom is -0.376 e. The van der Waals surface area contributed by atoms with Crippen molar-refractivity contribution in [3.8, 4) is 6.07 Å². The average Bonchev–Trinajstić information content (AvgIpc) is 2.68. The normalized spacial score (nSPS) is 27.1. The number of hydrogen-bond donors (Lipinski definition) is 1. The van der Waals surface area contributed by atoms with Gasteiger partial charge in [-0.1, -0.05) is 6.07 Å². The number of nitrogens with zero attached hydrogens (tertiary/aromatic N) is 1. The summed E-state index contributed by atoms with van der Waals surface area (Å²) in [6, 6.07) is 7.91. The van der Waals surface area contributed by atoms with Gasteiger partial charge in [-0.15, -0.1) is 0 Å². The number of nitrogens with one attached hydrogen (secondary N) is 1. The molecule has 1 heterocycles. The van der Waals surface area contributed by atoms with E-state index in [1.165, 1.54) is 12.1 Å². The van der Waals surface area contributed by atoms with Gasteiger partial charge in [-0.3, -0.25) is 0 Å². The highest BCUT2D eigenvalue weighted by Crippen LogP contribution is 2.27. The van der Waals surface area contributed by atoms with Gasteiger partial charge < -0.3 is 4.74 Å². The third-order valence-electron chi connectivity index (χ3n) is 3.53. The molecule has 1 aromatic rings. The third-order valence-corrected chi connectivity index (χ3v) is 5.14. The van der Waals surface area contributed by atoms with E-state index in [-0.39, 0.29) is 11.0 Å². The summed E-state index contributed by atoms with van der Waals surface area (Å²) in [5.74, 6) is 0. The molecule has 0 aromatic heterocycles. The number of benzene rings is 1. The first-order valence-corrected chi connectivity index (χ1v) is 7.51. The first-order valence-electron chi connectivity index (χ1n) is 6.03. The smallest absolute Gasteiger partial charge is 0.241 e. The van der Waals surface area contributed by atoms with Crippen molar-refractivity contribution >= 4 is 10.0 Å². The number of ether oxygens (including phenoxy) is 1. The summed E-state index contributed by atoms with van der Waals surface area (Å²) in [6.45, 7) is 4.22. The molecule has 19 heavy (non-hydrogen) atoms. The van der Waals surface area contributed by atoms with Gasteiger partial charge in [-0.25, -0.2) is 13.1 Å². The highest BCUT2D eigenvalue weighted by Gasteiger charge is 2.40. The lowest BCUT2D eigenvalue weighted by Crippen LogP contribution is -2.50. The Labute approximate surface area is 113 Å². The number of nitriles is 1. The maximum absolute atomic E-state index is 12.3. The molecule has 5 nitrogen and oxygen atoms in total. The molecule has 0 saturated carbocycles. The van der Waals surface area contributed by atoms with Crippen molar-refractivity contribution in [2.45, 2.75) is 36.8 Å². The summed E-state index contributed by atoms with van der Waals surface area (Å²) in [5.41, 5.74) is -0.287. The summed E-state index contributed by atoms with van der Waals surface area (Å²) < 4.78 is 32.8. The Balaban J connectivity index is 2.30. The van der Waals surface area contributed by atoms with Gasteiger partial charge in [0.05, 0.1) is 28.2 Å². The second-order valence-corrected chi connectivity index (χ2v) is 6.61. The Kier molecular flexibility index (Phi) is 3.63. The van der Waals surface area contributed by atoms with Crippen LogP contribution in [0.3, 0.4) is 0 Å². The van der Waals surface area contributed by atoms with Crippen LogP contribution in [-0.2, 0) is 14.8 Å². The van der Waals surface area contributed by atoms with Crippen molar-refractivity contribution in [2.24, 2.45) is 0 Å². The fourth-order valence-electron chi connectivity index (χ4n) is 2.07. The second kappa shape index (κ2) is 4.93. The molecule has 1 aliphatic rings. The monoisotopic (exact) mass is 280 g/mol. The van der Waals surface area contributed by atoms with E-state index in [9.17, 15) is 8.42 Å². The molecule has 0 bridgehead atoms. The van der Waals surface area contributed by atoms with Gasteiger partial charge in [0.25, 0.3) is 0 Å². The summed E-state index contributed by atoms with van der Waals surface area (Å²) in [7, 11) is -3.65. The van der Waals surface area contributed by atoms with E-state index in [0.29, 0.717) is 18.6 Å². The Morgan fingerprint density at radius 3 is 2.84 bits per heavy atom. The molecule has 1 aliphatic heterocycles. The lowest BCUT2D eigenvalue weighted by molar-refractivity contribution is 0.0957. The molecule has 0 aliphatic carbocycles. The number of hydrogen-bond acceptors (Lipinski definition) is 4. The Hall–Kier alpha value is -1.42. The summed E-state index contributed by atoms with van der Waals surface area (Å²) in [5, 5.41) is 8.82. The zero-order valence-electron chi connectivity index (χ0n) is 10.9. The van der Waals surface area contributed by atoms with Crippen LogP contribution in [0.15, 0.2) is 29.2 Å². The Morgan fingerprint density at radius 1 is 1.53 bits per heavy atom. The van der Waals surface area contributed by atoms with E-state index < -0.39 is 15.6 Å². The van der Waals surface area contributed by atoms with Gasteiger partial charge in [0, 0.05) is 6.61 Å². The van der Waals surface area contributed by atoms with Crippen LogP contribution in [0.2, 0.25) is 0 Å². The molecular formula is C13H16N2O3S. The van der Waals surface area contributed by atoms with E-state index >= 15 is 0 Å². The van der Waals surface area contributed by atoms with Crippen LogP contribution < -0.4 is 4.72 Å². The third kappa shape index (κ3) is 2.78. The van der Waals surface area contributed by atoms with Crippen molar-refractivity contribution in [3.05, 3.63) is 29.8 Å². The van der Waals surface area contributed by atoms with Crippen molar-refractivity contribution in [1.82, 2.24) is 4.72 Å². The van der Waals surface area contributed by atoms with Crippen LogP contribution in [0.1, 0.15) is 25.8 Å². The van der Waals surface area contributed by atoms with Crippen molar-refractivity contribution in [1.29, 1.82) is 5.26 Å². The molecule has 1 aromatic carbocycles. The maximum Gasteiger partial charge on any atom is 0.241 e. The van der Waals surface area contributed by atoms with Crippen LogP contribution in [-0.4, -0.2) is 26.7 Å². The van der Waals surface area contributed by atoms with E-state index in [1.54, 1.807) is 12.1 Å². The zero-order valence-corrected chi connectivity index (χ0v) is 11.7. The molecule has 2 atom stereocenters. The standard InChI is InChI=1S/C13H16N2O3S/c1-10-13(2,6-7-18-10)15-19(16,17)12-5-3-4-11(8-12)9-14/h3-5,8,10,15H,6-7H2,1-2H3. The van der Waals surface area contributed by atoms with Crippen LogP contribution in [0.4, 0.5) is 0 Å². The van der Waals surface area contributed by atoms with Gasteiger partial charge in [-0.05, 0) is 38.5 Å². The highest BCUT2D eigenvalue weighted by atomic mass is 32.2. The predicted molar refractivity (Wildman–Crippen MR) is 69.9 cm³/mol. The largest absolute Gasteiger partial charge is 0.376 e. The van der Waals surface area contributed by atoms with E-state index in [4.69, 9.17) is 10.00 Å². The van der Waals surface area contributed by atoms with Gasteiger partial charge >= 0.3 is 0 Å². The second-order valence-electron chi connectivity index (χ2n) is 4.93. The highest BCUT2D eigenvalue weighted by molar-refractivity contribution is 7.89. The molecule has 2 unspecified atom stereocenters. The number of sulfonamides is 1. The molecule has 1 saturated heterocycles. The van der Waals surface area contributed by atoms with E-state index in [0.717, 1.165) is 0 Å². The summed E-state index contributed by atoms with van der Waals surface area (Å²) in [6.07, 6.45) is 0.451. The molecule has 6 heteroatoms. The fourth-order valence-corrected chi connectivity index (χ4v) is 3.61. The summed E-state index contributed by atoms with van der Waals surface area (Å²) >= 11 is 0. The minimum absolute atomic E-state index is 0.104. The molecule has 0 amide bonds. The Bertz CT molecular complexity index is 621. The molecule has 102 valence electrons. The topological polar surface area (TPSA) is 79.2 Å². The minimum atomic E-state index is -3.65. The predicted octanol–water partition coefficient (Wildman–Crippen LogP) is 1.40. The summed E-state index contributed by atoms with van der Waals surface area (Å²) in [4.78, 5) is 0.104. The lowest BCUT2D eigenvalue weighted by atomic mass is 9.97. The first-order chi connectivity index (χ1) is 8.87. The first kappa shape index (κ1) is 14.0. The quantitative estimate of drug-likeness (QED) is 0.907. The fraction of sp³-hybridized carbons (Fsp3) is 0.462. The number of rotatable bonds is 3. The molecule has 0 spiro atoms. The van der Waals surface area contributed by atoms with Gasteiger partial charge in [0.1, 0.15) is 0 Å². The molecule has 2 rings (SSSR count). The van der Waals surface area contributed by atoms with Crippen LogP contribution in [0, 0.1) is 11.3 Å².